The van der Waals surface area contributed by atoms with Crippen molar-refractivity contribution in [3.63, 3.8) is 0 Å². The third-order valence-corrected chi connectivity index (χ3v) is 6.07. The molecule has 3 heterocycles. The second kappa shape index (κ2) is 10.2. The summed E-state index contributed by atoms with van der Waals surface area (Å²) in [5.41, 5.74) is 2.60. The van der Waals surface area contributed by atoms with Crippen molar-refractivity contribution < 1.29 is 0 Å². The number of fused-ring (bicyclic) bond motifs is 1. The Kier molecular flexibility index (Phi) is 8.29. The van der Waals surface area contributed by atoms with Gasteiger partial charge in [0.1, 0.15) is 4.83 Å². The lowest BCUT2D eigenvalue weighted by atomic mass is 10.0. The molecule has 1 aromatic carbocycles. The zero-order valence-corrected chi connectivity index (χ0v) is 17.9. The van der Waals surface area contributed by atoms with Crippen LogP contribution in [0.1, 0.15) is 18.4 Å². The molecule has 1 aliphatic rings. The molecule has 0 bridgehead atoms. The molecule has 0 atom stereocenters. The zero-order chi connectivity index (χ0) is 17.1. The van der Waals surface area contributed by atoms with Gasteiger partial charge in [-0.3, -0.25) is 4.99 Å². The first kappa shape index (κ1) is 21.9. The minimum Gasteiger partial charge on any atom is -0.318 e. The number of aromatic nitrogens is 2. The Labute approximate surface area is 176 Å². The number of hydrogen-bond acceptors (Lipinski definition) is 4. The van der Waals surface area contributed by atoms with E-state index in [1.165, 1.54) is 11.1 Å². The SMILES string of the molecule is Cl.Cl.Cn1c(=NC2CCN(CCc3ccccc3)CC2)sc2ncccc21. The second-order valence-electron chi connectivity index (χ2n) is 6.71. The minimum absolute atomic E-state index is 0. The fourth-order valence-corrected chi connectivity index (χ4v) is 4.48. The van der Waals surface area contributed by atoms with Crippen LogP contribution in [0.4, 0.5) is 0 Å². The van der Waals surface area contributed by atoms with Crippen molar-refractivity contribution in [2.45, 2.75) is 25.3 Å². The highest BCUT2D eigenvalue weighted by molar-refractivity contribution is 7.15. The highest BCUT2D eigenvalue weighted by Crippen LogP contribution is 2.16. The van der Waals surface area contributed by atoms with Gasteiger partial charge >= 0.3 is 0 Å². The highest BCUT2D eigenvalue weighted by Gasteiger charge is 2.18. The predicted octanol–water partition coefficient (Wildman–Crippen LogP) is 4.09. The van der Waals surface area contributed by atoms with E-state index in [-0.39, 0.29) is 24.8 Å². The number of pyridine rings is 1. The third kappa shape index (κ3) is 5.32. The summed E-state index contributed by atoms with van der Waals surface area (Å²) in [6, 6.07) is 15.3. The molecule has 4 nitrogen and oxygen atoms in total. The Morgan fingerprint density at radius 2 is 1.81 bits per heavy atom. The topological polar surface area (TPSA) is 33.4 Å². The van der Waals surface area contributed by atoms with Gasteiger partial charge in [-0.1, -0.05) is 41.7 Å². The Morgan fingerprint density at radius 1 is 1.07 bits per heavy atom. The Bertz CT molecular complexity index is 899. The average molecular weight is 425 g/mol. The van der Waals surface area contributed by atoms with Crippen molar-refractivity contribution >= 4 is 46.5 Å². The smallest absolute Gasteiger partial charge is 0.187 e. The van der Waals surface area contributed by atoms with Crippen LogP contribution in [-0.4, -0.2) is 40.1 Å². The maximum atomic E-state index is 5.02. The Balaban J connectivity index is 0.00000131. The molecular formula is C20H26Cl2N4S. The van der Waals surface area contributed by atoms with Crippen molar-refractivity contribution in [1.29, 1.82) is 0 Å². The number of aryl methyl sites for hydroxylation is 1. The van der Waals surface area contributed by atoms with Crippen molar-refractivity contribution in [2.75, 3.05) is 19.6 Å². The van der Waals surface area contributed by atoms with E-state index in [0.717, 1.165) is 48.5 Å². The average Bonchev–Trinajstić information content (AvgIpc) is 2.98. The number of hydrogen-bond donors (Lipinski definition) is 0. The summed E-state index contributed by atoms with van der Waals surface area (Å²) < 4.78 is 2.18. The normalized spacial score (nSPS) is 16.1. The molecule has 0 amide bonds. The summed E-state index contributed by atoms with van der Waals surface area (Å²) in [7, 11) is 2.09. The van der Waals surface area contributed by atoms with Crippen LogP contribution in [0.3, 0.4) is 0 Å². The summed E-state index contributed by atoms with van der Waals surface area (Å²) >= 11 is 1.70. The van der Waals surface area contributed by atoms with Crippen molar-refractivity contribution in [1.82, 2.24) is 14.5 Å². The quantitative estimate of drug-likeness (QED) is 0.631. The number of benzene rings is 1. The van der Waals surface area contributed by atoms with E-state index in [1.807, 2.05) is 12.3 Å². The fraction of sp³-hybridized carbons (Fsp3) is 0.400. The molecule has 1 aliphatic heterocycles. The number of piperidine rings is 1. The predicted molar refractivity (Wildman–Crippen MR) is 118 cm³/mol. The summed E-state index contributed by atoms with van der Waals surface area (Å²) in [6.07, 6.45) is 5.29. The molecule has 4 rings (SSSR count). The maximum absolute atomic E-state index is 5.02. The zero-order valence-electron chi connectivity index (χ0n) is 15.5. The number of rotatable bonds is 4. The molecule has 3 aromatic rings. The van der Waals surface area contributed by atoms with E-state index in [4.69, 9.17) is 4.99 Å². The first-order valence-corrected chi connectivity index (χ1v) is 9.82. The molecule has 1 fully saturated rings. The number of likely N-dealkylation sites (tertiary alicyclic amines) is 1. The molecule has 27 heavy (non-hydrogen) atoms. The van der Waals surface area contributed by atoms with Gasteiger partial charge < -0.3 is 9.47 Å². The summed E-state index contributed by atoms with van der Waals surface area (Å²) in [5, 5.41) is 0. The molecule has 146 valence electrons. The van der Waals surface area contributed by atoms with Crippen LogP contribution >= 0.6 is 36.2 Å². The summed E-state index contributed by atoms with van der Waals surface area (Å²) in [4.78, 5) is 14.2. The van der Waals surface area contributed by atoms with Crippen LogP contribution in [0.25, 0.3) is 10.3 Å². The third-order valence-electron chi connectivity index (χ3n) is 5.00. The van der Waals surface area contributed by atoms with Gasteiger partial charge in [0.25, 0.3) is 0 Å². The van der Waals surface area contributed by atoms with Crippen molar-refractivity contribution in [3.8, 4) is 0 Å². The van der Waals surface area contributed by atoms with Gasteiger partial charge in [0, 0.05) is 32.9 Å². The number of nitrogens with zero attached hydrogens (tertiary/aromatic N) is 4. The fourth-order valence-electron chi connectivity index (χ4n) is 3.45. The van der Waals surface area contributed by atoms with Gasteiger partial charge in [0.05, 0.1) is 11.6 Å². The van der Waals surface area contributed by atoms with E-state index in [2.05, 4.69) is 57.9 Å². The number of halogens is 2. The first-order chi connectivity index (χ1) is 12.3. The largest absolute Gasteiger partial charge is 0.318 e. The number of thiazole rings is 1. The second-order valence-corrected chi connectivity index (χ2v) is 7.66. The monoisotopic (exact) mass is 424 g/mol. The summed E-state index contributed by atoms with van der Waals surface area (Å²) in [6.45, 7) is 3.44. The molecular weight excluding hydrogens is 399 g/mol. The first-order valence-electron chi connectivity index (χ1n) is 9.00. The standard InChI is InChI=1S/C20H24N4S.2ClH/c1-23-18-8-5-12-21-19(18)25-20(23)22-17-10-14-24(15-11-17)13-9-16-6-3-2-4-7-16;;/h2-8,12,17H,9-11,13-15H2,1H3;2*1H. The van der Waals surface area contributed by atoms with Gasteiger partial charge in [0.15, 0.2) is 4.80 Å². The van der Waals surface area contributed by atoms with Gasteiger partial charge in [-0.2, -0.15) is 0 Å². The molecule has 0 radical (unpaired) electrons. The van der Waals surface area contributed by atoms with Crippen molar-refractivity contribution in [3.05, 3.63) is 59.0 Å². The molecule has 0 saturated carbocycles. The lowest BCUT2D eigenvalue weighted by Gasteiger charge is -2.30. The van der Waals surface area contributed by atoms with Crippen LogP contribution in [-0.2, 0) is 13.5 Å². The van der Waals surface area contributed by atoms with Crippen LogP contribution in [0.15, 0.2) is 53.7 Å². The molecule has 0 spiro atoms. The van der Waals surface area contributed by atoms with E-state index >= 15 is 0 Å². The molecule has 7 heteroatoms. The molecule has 2 aromatic heterocycles. The van der Waals surface area contributed by atoms with Crippen LogP contribution < -0.4 is 4.80 Å². The van der Waals surface area contributed by atoms with E-state index in [9.17, 15) is 0 Å². The Hall–Kier alpha value is -1.40. The molecule has 1 saturated heterocycles. The van der Waals surface area contributed by atoms with Crippen LogP contribution in [0.2, 0.25) is 0 Å². The van der Waals surface area contributed by atoms with E-state index in [1.54, 1.807) is 11.3 Å². The summed E-state index contributed by atoms with van der Waals surface area (Å²) in [5.74, 6) is 0. The molecule has 0 unspecified atom stereocenters. The Morgan fingerprint density at radius 3 is 2.52 bits per heavy atom. The van der Waals surface area contributed by atoms with E-state index in [0.29, 0.717) is 6.04 Å². The van der Waals surface area contributed by atoms with Gasteiger partial charge in [0.2, 0.25) is 0 Å². The highest BCUT2D eigenvalue weighted by atomic mass is 35.5. The van der Waals surface area contributed by atoms with Gasteiger partial charge in [-0.15, -0.1) is 24.8 Å². The molecule has 0 aliphatic carbocycles. The van der Waals surface area contributed by atoms with Crippen molar-refractivity contribution in [2.24, 2.45) is 12.0 Å². The lowest BCUT2D eigenvalue weighted by Crippen LogP contribution is -2.37. The maximum Gasteiger partial charge on any atom is 0.187 e. The lowest BCUT2D eigenvalue weighted by molar-refractivity contribution is 0.215. The van der Waals surface area contributed by atoms with Crippen LogP contribution in [0, 0.1) is 0 Å². The van der Waals surface area contributed by atoms with Crippen LogP contribution in [0.5, 0.6) is 0 Å². The van der Waals surface area contributed by atoms with Gasteiger partial charge in [-0.25, -0.2) is 4.98 Å². The van der Waals surface area contributed by atoms with E-state index < -0.39 is 0 Å². The van der Waals surface area contributed by atoms with Gasteiger partial charge in [-0.05, 0) is 37.0 Å². The minimum atomic E-state index is 0. The molecule has 0 N–H and O–H groups in total.